The normalized spacial score (nSPS) is 25.8. The molecule has 4 aromatic rings. The van der Waals surface area contributed by atoms with Crippen LogP contribution in [0.3, 0.4) is 0 Å². The second kappa shape index (κ2) is 8.35. The molecule has 0 spiro atoms. The number of benzene rings is 2. The van der Waals surface area contributed by atoms with Crippen LogP contribution >= 0.6 is 11.6 Å². The summed E-state index contributed by atoms with van der Waals surface area (Å²) in [5.74, 6) is 1.12. The SMILES string of the molecule is OC1COC2C(Oc3[nH]c4cc(Cl)c(-c5ccc(-c6ccccc6)cc5)nc4c3C3CC3)COC12. The van der Waals surface area contributed by atoms with E-state index in [1.807, 2.05) is 24.3 Å². The van der Waals surface area contributed by atoms with E-state index in [2.05, 4.69) is 41.4 Å². The van der Waals surface area contributed by atoms with Gasteiger partial charge in [-0.15, -0.1) is 0 Å². The minimum Gasteiger partial charge on any atom is -0.470 e. The van der Waals surface area contributed by atoms with E-state index < -0.39 is 6.10 Å². The molecular formula is C28H25ClN2O4. The fourth-order valence-corrected chi connectivity index (χ4v) is 5.54. The zero-order valence-corrected chi connectivity index (χ0v) is 19.7. The number of halogens is 1. The fraction of sp³-hybridized carbons (Fsp3) is 0.321. The Morgan fingerprint density at radius 3 is 2.40 bits per heavy atom. The van der Waals surface area contributed by atoms with Crippen LogP contribution in [0.2, 0.25) is 5.02 Å². The lowest BCUT2D eigenvalue weighted by Crippen LogP contribution is -2.34. The van der Waals surface area contributed by atoms with Crippen molar-refractivity contribution in [2.45, 2.75) is 43.2 Å². The van der Waals surface area contributed by atoms with Crippen molar-refractivity contribution in [3.63, 3.8) is 0 Å². The summed E-state index contributed by atoms with van der Waals surface area (Å²) < 4.78 is 17.9. The van der Waals surface area contributed by atoms with Crippen LogP contribution in [0.15, 0.2) is 60.7 Å². The Morgan fingerprint density at radius 1 is 0.914 bits per heavy atom. The number of nitrogens with zero attached hydrogens (tertiary/aromatic N) is 1. The number of aliphatic hydroxyl groups excluding tert-OH is 1. The highest BCUT2D eigenvalue weighted by molar-refractivity contribution is 6.33. The number of hydrogen-bond donors (Lipinski definition) is 2. The third kappa shape index (κ3) is 3.72. The average molecular weight is 489 g/mol. The highest BCUT2D eigenvalue weighted by atomic mass is 35.5. The Labute approximate surface area is 207 Å². The van der Waals surface area contributed by atoms with Gasteiger partial charge >= 0.3 is 0 Å². The number of ether oxygens (including phenoxy) is 3. The lowest BCUT2D eigenvalue weighted by atomic mass is 10.0. The van der Waals surface area contributed by atoms with Gasteiger partial charge in [0.1, 0.15) is 18.3 Å². The van der Waals surface area contributed by atoms with Crippen molar-refractivity contribution in [1.82, 2.24) is 9.97 Å². The molecule has 178 valence electrons. The van der Waals surface area contributed by atoms with Crippen molar-refractivity contribution < 1.29 is 19.3 Å². The number of fused-ring (bicyclic) bond motifs is 2. The van der Waals surface area contributed by atoms with Gasteiger partial charge in [-0.2, -0.15) is 0 Å². The van der Waals surface area contributed by atoms with Gasteiger partial charge in [0.2, 0.25) is 0 Å². The summed E-state index contributed by atoms with van der Waals surface area (Å²) in [5.41, 5.74) is 6.92. The summed E-state index contributed by atoms with van der Waals surface area (Å²) in [6.45, 7) is 0.667. The minimum absolute atomic E-state index is 0.265. The molecule has 4 unspecified atom stereocenters. The quantitative estimate of drug-likeness (QED) is 0.397. The summed E-state index contributed by atoms with van der Waals surface area (Å²) >= 11 is 6.72. The van der Waals surface area contributed by atoms with E-state index in [4.69, 9.17) is 30.8 Å². The maximum atomic E-state index is 10.1. The molecule has 4 atom stereocenters. The summed E-state index contributed by atoms with van der Waals surface area (Å²) in [6.07, 6.45) is 0.748. The van der Waals surface area contributed by atoms with Crippen LogP contribution in [0.25, 0.3) is 33.4 Å². The molecule has 1 saturated carbocycles. The van der Waals surface area contributed by atoms with Gasteiger partial charge in [-0.05, 0) is 36.0 Å². The van der Waals surface area contributed by atoms with Crippen molar-refractivity contribution >= 4 is 22.6 Å². The molecular weight excluding hydrogens is 464 g/mol. The maximum Gasteiger partial charge on any atom is 0.197 e. The molecule has 0 radical (unpaired) electrons. The number of aromatic amines is 1. The third-order valence-electron chi connectivity index (χ3n) is 7.23. The predicted molar refractivity (Wildman–Crippen MR) is 134 cm³/mol. The molecule has 1 aliphatic carbocycles. The summed E-state index contributed by atoms with van der Waals surface area (Å²) in [5, 5.41) is 10.7. The van der Waals surface area contributed by atoms with E-state index in [-0.39, 0.29) is 24.9 Å². The molecule has 2 aromatic carbocycles. The number of rotatable bonds is 5. The smallest absolute Gasteiger partial charge is 0.197 e. The molecule has 6 nitrogen and oxygen atoms in total. The standard InChI is InChI=1S/C28H25ClN2O4/c29-19-12-20-25(31-24(19)18-10-6-16(7-11-18)15-4-2-1-3-5-15)23(17-8-9-17)28(30-20)35-22-14-34-26-21(32)13-33-27(22)26/h1-7,10-12,17,21-22,26-27,30,32H,8-9,13-14H2. The van der Waals surface area contributed by atoms with E-state index in [9.17, 15) is 5.11 Å². The van der Waals surface area contributed by atoms with Crippen molar-refractivity contribution in [3.8, 4) is 28.3 Å². The molecule has 2 saturated heterocycles. The second-order valence-electron chi connectivity index (χ2n) is 9.62. The highest BCUT2D eigenvalue weighted by Crippen LogP contribution is 2.49. The topological polar surface area (TPSA) is 76.6 Å². The van der Waals surface area contributed by atoms with Crippen LogP contribution in [0.4, 0.5) is 0 Å². The zero-order valence-electron chi connectivity index (χ0n) is 19.0. The monoisotopic (exact) mass is 488 g/mol. The van der Waals surface area contributed by atoms with Crippen molar-refractivity contribution in [2.75, 3.05) is 13.2 Å². The Hall–Kier alpha value is -2.90. The molecule has 0 bridgehead atoms. The minimum atomic E-state index is -0.601. The van der Waals surface area contributed by atoms with Crippen LogP contribution in [0.5, 0.6) is 5.88 Å². The van der Waals surface area contributed by atoms with E-state index in [1.165, 1.54) is 5.56 Å². The number of nitrogens with one attached hydrogen (secondary N) is 1. The Bertz CT molecular complexity index is 1380. The van der Waals surface area contributed by atoms with E-state index in [1.54, 1.807) is 0 Å². The second-order valence-corrected chi connectivity index (χ2v) is 10.0. The molecule has 2 aliphatic heterocycles. The fourth-order valence-electron chi connectivity index (χ4n) is 5.28. The van der Waals surface area contributed by atoms with Crippen LogP contribution < -0.4 is 4.74 Å². The molecule has 7 heteroatoms. The van der Waals surface area contributed by atoms with Crippen LogP contribution in [-0.2, 0) is 9.47 Å². The van der Waals surface area contributed by atoms with Crippen molar-refractivity contribution in [3.05, 3.63) is 71.2 Å². The maximum absolute atomic E-state index is 10.1. The van der Waals surface area contributed by atoms with Crippen molar-refractivity contribution in [1.29, 1.82) is 0 Å². The first-order valence-corrected chi connectivity index (χ1v) is 12.5. The Balaban J connectivity index is 1.24. The van der Waals surface area contributed by atoms with Gasteiger partial charge in [0, 0.05) is 11.1 Å². The molecule has 7 rings (SSSR count). The molecule has 0 amide bonds. The van der Waals surface area contributed by atoms with Gasteiger partial charge in [0.25, 0.3) is 0 Å². The van der Waals surface area contributed by atoms with Gasteiger partial charge in [-0.25, -0.2) is 4.98 Å². The van der Waals surface area contributed by atoms with Gasteiger partial charge in [0.05, 0.1) is 35.0 Å². The zero-order chi connectivity index (χ0) is 23.5. The lowest BCUT2D eigenvalue weighted by Gasteiger charge is -2.17. The van der Waals surface area contributed by atoms with Crippen LogP contribution in [-0.4, -0.2) is 52.7 Å². The first kappa shape index (κ1) is 21.4. The molecule has 3 fully saturated rings. The summed E-state index contributed by atoms with van der Waals surface area (Å²) in [6, 6.07) is 20.6. The number of aromatic nitrogens is 2. The van der Waals surface area contributed by atoms with Crippen LogP contribution in [0, 0.1) is 0 Å². The molecule has 2 aromatic heterocycles. The van der Waals surface area contributed by atoms with Gasteiger partial charge in [0.15, 0.2) is 12.0 Å². The predicted octanol–water partition coefficient (Wildman–Crippen LogP) is 5.33. The van der Waals surface area contributed by atoms with E-state index >= 15 is 0 Å². The lowest BCUT2D eigenvalue weighted by molar-refractivity contribution is 0.00777. The van der Waals surface area contributed by atoms with E-state index in [0.717, 1.165) is 46.3 Å². The summed E-state index contributed by atoms with van der Waals surface area (Å²) in [7, 11) is 0. The highest BCUT2D eigenvalue weighted by Gasteiger charge is 2.49. The van der Waals surface area contributed by atoms with Crippen LogP contribution in [0.1, 0.15) is 24.3 Å². The first-order chi connectivity index (χ1) is 17.2. The number of H-pyrrole nitrogens is 1. The van der Waals surface area contributed by atoms with Gasteiger partial charge in [-0.1, -0.05) is 66.2 Å². The largest absolute Gasteiger partial charge is 0.470 e. The first-order valence-electron chi connectivity index (χ1n) is 12.1. The molecule has 2 N–H and O–H groups in total. The third-order valence-corrected chi connectivity index (χ3v) is 7.51. The number of hydrogen-bond acceptors (Lipinski definition) is 5. The number of pyridine rings is 1. The number of aliphatic hydroxyl groups is 1. The molecule has 35 heavy (non-hydrogen) atoms. The van der Waals surface area contributed by atoms with Gasteiger partial charge in [-0.3, -0.25) is 0 Å². The Morgan fingerprint density at radius 2 is 1.63 bits per heavy atom. The van der Waals surface area contributed by atoms with E-state index in [0.29, 0.717) is 23.4 Å². The summed E-state index contributed by atoms with van der Waals surface area (Å²) in [4.78, 5) is 8.45. The molecule has 3 aliphatic rings. The Kier molecular flexibility index (Phi) is 5.10. The molecule has 4 heterocycles. The van der Waals surface area contributed by atoms with Gasteiger partial charge < -0.3 is 24.3 Å². The average Bonchev–Trinajstić information content (AvgIpc) is 3.40. The van der Waals surface area contributed by atoms with Crippen molar-refractivity contribution in [2.24, 2.45) is 0 Å².